The van der Waals surface area contributed by atoms with Gasteiger partial charge in [0.05, 0.1) is 18.0 Å². The van der Waals surface area contributed by atoms with Crippen LogP contribution in [0.4, 0.5) is 0 Å². The first-order valence-corrected chi connectivity index (χ1v) is 9.92. The Morgan fingerprint density at radius 2 is 1.76 bits per heavy atom. The van der Waals surface area contributed by atoms with Crippen LogP contribution in [0.5, 0.6) is 0 Å². The van der Waals surface area contributed by atoms with Crippen LogP contribution in [0.1, 0.15) is 17.5 Å². The average molecular weight is 358 g/mol. The van der Waals surface area contributed by atoms with E-state index in [-0.39, 0.29) is 4.90 Å². The van der Waals surface area contributed by atoms with Gasteiger partial charge < -0.3 is 10.3 Å². The number of hydrogen-bond acceptors (Lipinski definition) is 3. The van der Waals surface area contributed by atoms with Crippen molar-refractivity contribution in [3.63, 3.8) is 0 Å². The van der Waals surface area contributed by atoms with E-state index in [0.717, 1.165) is 37.3 Å². The molecule has 3 N–H and O–H groups in total. The number of aryl methyl sites for hydroxylation is 1. The maximum absolute atomic E-state index is 12.3. The molecule has 1 aliphatic rings. The Labute approximate surface area is 149 Å². The van der Waals surface area contributed by atoms with Crippen LogP contribution < -0.4 is 15.2 Å². The molecule has 6 heteroatoms. The molecule has 0 aliphatic carbocycles. The van der Waals surface area contributed by atoms with Crippen LogP contribution in [-0.2, 0) is 16.6 Å². The molecule has 2 aromatic rings. The molecule has 0 spiro atoms. The Balaban J connectivity index is 1.53. The summed E-state index contributed by atoms with van der Waals surface area (Å²) in [4.78, 5) is 4.21. The molecule has 1 aliphatic heterocycles. The van der Waals surface area contributed by atoms with E-state index in [9.17, 15) is 8.42 Å². The van der Waals surface area contributed by atoms with Gasteiger partial charge in [0, 0.05) is 17.7 Å². The van der Waals surface area contributed by atoms with Crippen LogP contribution in [0, 0.1) is 6.92 Å². The normalized spacial score (nSPS) is 17.8. The molecule has 1 atom stereocenters. The van der Waals surface area contributed by atoms with Gasteiger partial charge in [0.1, 0.15) is 6.54 Å². The number of hydrazine groups is 1. The van der Waals surface area contributed by atoms with Crippen molar-refractivity contribution in [3.05, 3.63) is 77.5 Å². The molecule has 3 rings (SSSR count). The predicted octanol–water partition coefficient (Wildman–Crippen LogP) is 1.15. The zero-order chi connectivity index (χ0) is 17.7. The fourth-order valence-corrected chi connectivity index (χ4v) is 3.73. The molecule has 0 bridgehead atoms. The van der Waals surface area contributed by atoms with Gasteiger partial charge in [0.25, 0.3) is 10.0 Å². The summed E-state index contributed by atoms with van der Waals surface area (Å²) in [7, 11) is -3.55. The molecule has 0 amide bonds. The Hall–Kier alpha value is -2.15. The van der Waals surface area contributed by atoms with E-state index >= 15 is 0 Å². The zero-order valence-electron chi connectivity index (χ0n) is 14.3. The highest BCUT2D eigenvalue weighted by atomic mass is 32.2. The van der Waals surface area contributed by atoms with Crippen LogP contribution in [0.25, 0.3) is 0 Å². The average Bonchev–Trinajstić information content (AvgIpc) is 2.62. The second kappa shape index (κ2) is 7.82. The highest BCUT2D eigenvalue weighted by Crippen LogP contribution is 2.09. The molecule has 0 saturated carbocycles. The van der Waals surface area contributed by atoms with Gasteiger partial charge in [0.15, 0.2) is 0 Å². The van der Waals surface area contributed by atoms with Crippen molar-refractivity contribution in [3.8, 4) is 0 Å². The van der Waals surface area contributed by atoms with Gasteiger partial charge in [-0.05, 0) is 25.1 Å². The number of benzene rings is 2. The third-order valence-corrected chi connectivity index (χ3v) is 5.62. The van der Waals surface area contributed by atoms with Crippen molar-refractivity contribution >= 4 is 10.0 Å². The number of nitrogens with one attached hydrogen (secondary N) is 3. The van der Waals surface area contributed by atoms with Crippen LogP contribution >= 0.6 is 0 Å². The van der Waals surface area contributed by atoms with Gasteiger partial charge in [-0.25, -0.2) is 8.42 Å². The lowest BCUT2D eigenvalue weighted by atomic mass is 10.1. The lowest BCUT2D eigenvalue weighted by molar-refractivity contribution is -0.909. The summed E-state index contributed by atoms with van der Waals surface area (Å²) in [5.74, 6) is 0. The molecule has 0 fully saturated rings. The van der Waals surface area contributed by atoms with Gasteiger partial charge in [0.2, 0.25) is 0 Å². The van der Waals surface area contributed by atoms with Gasteiger partial charge >= 0.3 is 0 Å². The van der Waals surface area contributed by atoms with Gasteiger partial charge in [-0.3, -0.25) is 0 Å². The number of quaternary nitrogens is 1. The van der Waals surface area contributed by atoms with Crippen LogP contribution in [0.15, 0.2) is 71.3 Å². The standard InChI is InChI=1S/C19H23N3O2S/c1-16-7-9-19(10-8-16)25(23,24)21-20-18-11-13-22(14-12-18)15-17-5-3-2-4-6-17/h2-11,20-21H,12-15H2,1H3/p+1. The quantitative estimate of drug-likeness (QED) is 0.679. The minimum absolute atomic E-state index is 0.262. The molecule has 25 heavy (non-hydrogen) atoms. The van der Waals surface area contributed by atoms with Crippen molar-refractivity contribution in [2.45, 2.75) is 24.8 Å². The smallest absolute Gasteiger partial charge is 0.257 e. The van der Waals surface area contributed by atoms with E-state index in [1.54, 1.807) is 24.3 Å². The molecule has 0 radical (unpaired) electrons. The van der Waals surface area contributed by atoms with E-state index in [2.05, 4.69) is 40.6 Å². The van der Waals surface area contributed by atoms with Crippen LogP contribution in [0.3, 0.4) is 0 Å². The first-order valence-electron chi connectivity index (χ1n) is 8.44. The third kappa shape index (κ3) is 4.92. The van der Waals surface area contributed by atoms with Gasteiger partial charge in [-0.15, -0.1) is 4.83 Å². The first kappa shape index (κ1) is 17.7. The predicted molar refractivity (Wildman–Crippen MR) is 98.2 cm³/mol. The molecule has 132 valence electrons. The van der Waals surface area contributed by atoms with E-state index in [1.807, 2.05) is 13.0 Å². The highest BCUT2D eigenvalue weighted by Gasteiger charge is 2.18. The molecule has 0 saturated heterocycles. The summed E-state index contributed by atoms with van der Waals surface area (Å²) in [6.45, 7) is 4.77. The van der Waals surface area contributed by atoms with Gasteiger partial charge in [-0.1, -0.05) is 48.0 Å². The van der Waals surface area contributed by atoms with E-state index in [0.29, 0.717) is 0 Å². The van der Waals surface area contributed by atoms with Crippen LogP contribution in [0.2, 0.25) is 0 Å². The number of sulfonamides is 1. The maximum atomic E-state index is 12.3. The van der Waals surface area contributed by atoms with E-state index in [1.165, 1.54) is 10.5 Å². The lowest BCUT2D eigenvalue weighted by Crippen LogP contribution is -3.11. The monoisotopic (exact) mass is 358 g/mol. The maximum Gasteiger partial charge on any atom is 0.257 e. The SMILES string of the molecule is Cc1ccc(S(=O)(=O)NNC2=CC[NH+](Cc3ccccc3)CC2)cc1. The first-order chi connectivity index (χ1) is 12.0. The largest absolute Gasteiger partial charge is 0.328 e. The second-order valence-electron chi connectivity index (χ2n) is 6.39. The van der Waals surface area contributed by atoms with Crippen molar-refractivity contribution in [1.82, 2.24) is 10.3 Å². The molecule has 1 heterocycles. The Morgan fingerprint density at radius 1 is 1.04 bits per heavy atom. The van der Waals surface area contributed by atoms with Crippen molar-refractivity contribution in [1.29, 1.82) is 0 Å². The van der Waals surface area contributed by atoms with E-state index in [4.69, 9.17) is 0 Å². The molecule has 5 nitrogen and oxygen atoms in total. The summed E-state index contributed by atoms with van der Waals surface area (Å²) in [6.07, 6.45) is 2.89. The van der Waals surface area contributed by atoms with Gasteiger partial charge in [-0.2, -0.15) is 0 Å². The Morgan fingerprint density at radius 3 is 2.40 bits per heavy atom. The highest BCUT2D eigenvalue weighted by molar-refractivity contribution is 7.89. The molecule has 1 unspecified atom stereocenters. The summed E-state index contributed by atoms with van der Waals surface area (Å²) >= 11 is 0. The minimum Gasteiger partial charge on any atom is -0.328 e. The van der Waals surface area contributed by atoms with E-state index < -0.39 is 10.0 Å². The summed E-state index contributed by atoms with van der Waals surface area (Å²) in [6, 6.07) is 17.2. The Kier molecular flexibility index (Phi) is 5.53. The molecular weight excluding hydrogens is 334 g/mol. The lowest BCUT2D eigenvalue weighted by Gasteiger charge is -2.24. The second-order valence-corrected chi connectivity index (χ2v) is 8.07. The fraction of sp³-hybridized carbons (Fsp3) is 0.263. The summed E-state index contributed by atoms with van der Waals surface area (Å²) in [5, 5.41) is 0. The topological polar surface area (TPSA) is 62.6 Å². The third-order valence-electron chi connectivity index (χ3n) is 4.36. The minimum atomic E-state index is -3.55. The summed E-state index contributed by atoms with van der Waals surface area (Å²) in [5.41, 5.74) is 6.15. The van der Waals surface area contributed by atoms with Crippen molar-refractivity contribution in [2.75, 3.05) is 13.1 Å². The van der Waals surface area contributed by atoms with Crippen LogP contribution in [-0.4, -0.2) is 21.5 Å². The molecular formula is C19H24N3O2S+. The molecule has 2 aromatic carbocycles. The van der Waals surface area contributed by atoms with Crippen molar-refractivity contribution < 1.29 is 13.3 Å². The number of hydrogen-bond donors (Lipinski definition) is 3. The molecule has 0 aromatic heterocycles. The van der Waals surface area contributed by atoms with Crippen molar-refractivity contribution in [2.24, 2.45) is 0 Å². The summed E-state index contributed by atoms with van der Waals surface area (Å²) < 4.78 is 24.6. The fourth-order valence-electron chi connectivity index (χ4n) is 2.85. The Bertz CT molecular complexity index is 831. The number of rotatable bonds is 6. The zero-order valence-corrected chi connectivity index (χ0v) is 15.1.